The van der Waals surface area contributed by atoms with Crippen LogP contribution < -0.4 is 9.64 Å². The number of nitrogens with zero attached hydrogens (tertiary/aromatic N) is 4. The van der Waals surface area contributed by atoms with Crippen molar-refractivity contribution in [1.29, 1.82) is 0 Å². The van der Waals surface area contributed by atoms with E-state index in [0.717, 1.165) is 53.2 Å². The molecule has 1 saturated carbocycles. The summed E-state index contributed by atoms with van der Waals surface area (Å²) in [7, 11) is 0. The van der Waals surface area contributed by atoms with Crippen LogP contribution in [0.4, 0.5) is 5.82 Å². The lowest BCUT2D eigenvalue weighted by Crippen LogP contribution is -2.44. The molecule has 5 rings (SSSR count). The zero-order valence-electron chi connectivity index (χ0n) is 15.6. The lowest BCUT2D eigenvalue weighted by atomic mass is 10.1. The lowest BCUT2D eigenvalue weighted by molar-refractivity contribution is 0.0985. The van der Waals surface area contributed by atoms with Crippen LogP contribution in [0.1, 0.15) is 26.7 Å². The van der Waals surface area contributed by atoms with Crippen LogP contribution in [0.25, 0.3) is 22.3 Å². The first-order chi connectivity index (χ1) is 13.1. The van der Waals surface area contributed by atoms with Crippen molar-refractivity contribution in [3.05, 3.63) is 30.6 Å². The van der Waals surface area contributed by atoms with Crippen LogP contribution in [0.15, 0.2) is 30.6 Å². The predicted octanol–water partition coefficient (Wildman–Crippen LogP) is 3.18. The average molecular weight is 365 g/mol. The van der Waals surface area contributed by atoms with Gasteiger partial charge in [-0.25, -0.2) is 9.97 Å². The van der Waals surface area contributed by atoms with Crippen LogP contribution in [0.2, 0.25) is 0 Å². The highest BCUT2D eigenvalue weighted by atomic mass is 16.5. The van der Waals surface area contributed by atoms with E-state index in [0.29, 0.717) is 13.2 Å². The van der Waals surface area contributed by atoms with Gasteiger partial charge in [-0.2, -0.15) is 5.10 Å². The first kappa shape index (κ1) is 16.5. The number of H-pyrrole nitrogens is 1. The molecule has 2 fully saturated rings. The molecule has 1 unspecified atom stereocenters. The second kappa shape index (κ2) is 6.20. The van der Waals surface area contributed by atoms with E-state index in [-0.39, 0.29) is 11.6 Å². The van der Waals surface area contributed by atoms with Crippen molar-refractivity contribution in [2.75, 3.05) is 24.7 Å². The summed E-state index contributed by atoms with van der Waals surface area (Å²) >= 11 is 0. The Bertz CT molecular complexity index is 981. The molecule has 7 nitrogen and oxygen atoms in total. The van der Waals surface area contributed by atoms with Crippen molar-refractivity contribution >= 4 is 16.7 Å². The summed E-state index contributed by atoms with van der Waals surface area (Å²) in [5.41, 5.74) is 2.59. The molecule has 0 bridgehead atoms. The van der Waals surface area contributed by atoms with Crippen LogP contribution in [-0.2, 0) is 4.74 Å². The monoisotopic (exact) mass is 365 g/mol. The second-order valence-corrected chi connectivity index (χ2v) is 7.71. The Hall–Kier alpha value is -2.67. The Morgan fingerprint density at radius 3 is 2.96 bits per heavy atom. The highest BCUT2D eigenvalue weighted by Gasteiger charge is 2.40. The van der Waals surface area contributed by atoms with Crippen LogP contribution in [0, 0.1) is 0 Å². The zero-order valence-corrected chi connectivity index (χ0v) is 15.6. The largest absolute Gasteiger partial charge is 0.488 e. The molecule has 0 spiro atoms. The van der Waals surface area contributed by atoms with Gasteiger partial charge >= 0.3 is 0 Å². The molecule has 1 N–H and O–H groups in total. The maximum Gasteiger partial charge on any atom is 0.133 e. The fourth-order valence-corrected chi connectivity index (χ4v) is 3.52. The van der Waals surface area contributed by atoms with Crippen LogP contribution in [-0.4, -0.2) is 51.6 Å². The Morgan fingerprint density at radius 1 is 1.26 bits per heavy atom. The van der Waals surface area contributed by atoms with Crippen molar-refractivity contribution < 1.29 is 9.47 Å². The molecule has 2 aliphatic rings. The number of rotatable bonds is 4. The Morgan fingerprint density at radius 2 is 2.15 bits per heavy atom. The van der Waals surface area contributed by atoms with E-state index in [2.05, 4.69) is 45.0 Å². The molecule has 1 aromatic carbocycles. The van der Waals surface area contributed by atoms with Gasteiger partial charge in [0.25, 0.3) is 0 Å². The summed E-state index contributed by atoms with van der Waals surface area (Å²) in [5, 5.41) is 8.62. The number of hydrogen-bond acceptors (Lipinski definition) is 6. The van der Waals surface area contributed by atoms with E-state index < -0.39 is 0 Å². The van der Waals surface area contributed by atoms with Crippen molar-refractivity contribution in [2.45, 2.75) is 38.3 Å². The van der Waals surface area contributed by atoms with E-state index in [1.54, 1.807) is 6.33 Å². The van der Waals surface area contributed by atoms with Crippen molar-refractivity contribution in [2.24, 2.45) is 0 Å². The summed E-state index contributed by atoms with van der Waals surface area (Å²) in [5.74, 6) is 1.78. The van der Waals surface area contributed by atoms with E-state index >= 15 is 0 Å². The predicted molar refractivity (Wildman–Crippen MR) is 103 cm³/mol. The van der Waals surface area contributed by atoms with Crippen molar-refractivity contribution in [3.63, 3.8) is 0 Å². The Labute approximate surface area is 157 Å². The van der Waals surface area contributed by atoms with Crippen LogP contribution in [0.5, 0.6) is 5.75 Å². The number of aromatic nitrogens is 4. The number of anilines is 1. The quantitative estimate of drug-likeness (QED) is 0.765. The number of morpholine rings is 1. The molecular formula is C20H23N5O2. The molecule has 3 heterocycles. The van der Waals surface area contributed by atoms with Gasteiger partial charge in [0, 0.05) is 18.0 Å². The molecule has 1 atom stereocenters. The standard InChI is InChI=1S/C20H23N5O2/c1-13-11-26-8-7-25(13)18-10-17(21-12-22-18)19-15-9-14(27-20(2)5-6-20)3-4-16(15)23-24-19/h3-4,9-10,12-13H,5-8,11H2,1-2H3,(H,23,24). The molecule has 0 amide bonds. The number of fused-ring (bicyclic) bond motifs is 1. The number of aromatic amines is 1. The minimum absolute atomic E-state index is 0.00780. The number of hydrogen-bond donors (Lipinski definition) is 1. The average Bonchev–Trinajstić information content (AvgIpc) is 3.25. The fraction of sp³-hybridized carbons (Fsp3) is 0.450. The van der Waals surface area contributed by atoms with Gasteiger partial charge in [0.2, 0.25) is 0 Å². The molecule has 1 saturated heterocycles. The molecule has 7 heteroatoms. The maximum absolute atomic E-state index is 6.12. The third-order valence-corrected chi connectivity index (χ3v) is 5.41. The van der Waals surface area contributed by atoms with Gasteiger partial charge < -0.3 is 14.4 Å². The number of nitrogens with one attached hydrogen (secondary N) is 1. The Balaban J connectivity index is 1.51. The fourth-order valence-electron chi connectivity index (χ4n) is 3.52. The minimum Gasteiger partial charge on any atom is -0.488 e. The highest BCUT2D eigenvalue weighted by molar-refractivity contribution is 5.93. The SMILES string of the molecule is CC1COCCN1c1cc(-c2n[nH]c3ccc(OC4(C)CC4)cc23)ncn1. The summed E-state index contributed by atoms with van der Waals surface area (Å²) in [6.45, 7) is 6.55. The summed E-state index contributed by atoms with van der Waals surface area (Å²) in [4.78, 5) is 11.2. The van der Waals surface area contributed by atoms with Gasteiger partial charge in [-0.1, -0.05) is 0 Å². The molecule has 2 aromatic heterocycles. The van der Waals surface area contributed by atoms with Gasteiger partial charge in [0.15, 0.2) is 0 Å². The first-order valence-electron chi connectivity index (χ1n) is 9.45. The lowest BCUT2D eigenvalue weighted by Gasteiger charge is -2.34. The van der Waals surface area contributed by atoms with Crippen LogP contribution >= 0.6 is 0 Å². The topological polar surface area (TPSA) is 76.2 Å². The molecule has 0 radical (unpaired) electrons. The maximum atomic E-state index is 6.12. The molecule has 27 heavy (non-hydrogen) atoms. The third-order valence-electron chi connectivity index (χ3n) is 5.41. The normalized spacial score (nSPS) is 21.4. The summed E-state index contributed by atoms with van der Waals surface area (Å²) in [6.07, 6.45) is 3.82. The van der Waals surface area contributed by atoms with Gasteiger partial charge in [-0.15, -0.1) is 0 Å². The minimum atomic E-state index is -0.00780. The van der Waals surface area contributed by atoms with Crippen LogP contribution in [0.3, 0.4) is 0 Å². The third kappa shape index (κ3) is 3.12. The molecule has 3 aromatic rings. The molecule has 140 valence electrons. The van der Waals surface area contributed by atoms with E-state index in [9.17, 15) is 0 Å². The van der Waals surface area contributed by atoms with Crippen molar-refractivity contribution in [3.8, 4) is 17.1 Å². The molecule has 1 aliphatic heterocycles. The van der Waals surface area contributed by atoms with Gasteiger partial charge in [-0.05, 0) is 44.9 Å². The molecular weight excluding hydrogens is 342 g/mol. The van der Waals surface area contributed by atoms with Gasteiger partial charge in [-0.3, -0.25) is 5.10 Å². The highest BCUT2D eigenvalue weighted by Crippen LogP contribution is 2.40. The van der Waals surface area contributed by atoms with E-state index in [1.807, 2.05) is 18.2 Å². The molecule has 1 aliphatic carbocycles. The van der Waals surface area contributed by atoms with E-state index in [1.165, 1.54) is 0 Å². The van der Waals surface area contributed by atoms with E-state index in [4.69, 9.17) is 9.47 Å². The second-order valence-electron chi connectivity index (χ2n) is 7.71. The van der Waals surface area contributed by atoms with Crippen molar-refractivity contribution in [1.82, 2.24) is 20.2 Å². The smallest absolute Gasteiger partial charge is 0.133 e. The first-order valence-corrected chi connectivity index (χ1v) is 9.45. The Kier molecular flexibility index (Phi) is 3.79. The van der Waals surface area contributed by atoms with Gasteiger partial charge in [0.1, 0.15) is 29.2 Å². The summed E-state index contributed by atoms with van der Waals surface area (Å²) in [6, 6.07) is 8.36. The number of benzene rings is 1. The summed E-state index contributed by atoms with van der Waals surface area (Å²) < 4.78 is 11.7. The number of ether oxygens (including phenoxy) is 2. The van der Waals surface area contributed by atoms with Gasteiger partial charge in [0.05, 0.1) is 30.5 Å². The zero-order chi connectivity index (χ0) is 18.4.